The van der Waals surface area contributed by atoms with Gasteiger partial charge < -0.3 is 19.8 Å². The van der Waals surface area contributed by atoms with E-state index in [0.29, 0.717) is 24.7 Å². The molecule has 1 heterocycles. The molecule has 2 N–H and O–H groups in total. The fourth-order valence-electron chi connectivity index (χ4n) is 2.43. The summed E-state index contributed by atoms with van der Waals surface area (Å²) in [7, 11) is -3.79. The predicted octanol–water partition coefficient (Wildman–Crippen LogP) is 2.12. The van der Waals surface area contributed by atoms with E-state index >= 15 is 0 Å². The Kier molecular flexibility index (Phi) is 7.62. The van der Waals surface area contributed by atoms with E-state index in [-0.39, 0.29) is 11.4 Å². The molecule has 0 aliphatic heterocycles. The topological polar surface area (TPSA) is 115 Å². The van der Waals surface area contributed by atoms with Gasteiger partial charge in [0.1, 0.15) is 11.5 Å². The van der Waals surface area contributed by atoms with Crippen LogP contribution in [0.2, 0.25) is 0 Å². The molecule has 0 aliphatic carbocycles. The maximum Gasteiger partial charge on any atom is 0.239 e. The maximum atomic E-state index is 12.3. The molecule has 1 aromatic carbocycles. The molecular formula is C19H24N2O6S. The second-order valence-electron chi connectivity index (χ2n) is 6.04. The SMILES string of the molecule is CCCOc1c[nH]c(CS(=O)(=O)CC(=O)Nc2ccccc2OCC)cc1=O. The molecule has 1 amide bonds. The number of carbonyl (C=O) groups is 1. The molecule has 0 saturated heterocycles. The van der Waals surface area contributed by atoms with E-state index in [1.807, 2.05) is 13.8 Å². The molecule has 0 unspecified atom stereocenters. The first-order chi connectivity index (χ1) is 13.3. The third-order valence-corrected chi connectivity index (χ3v) is 5.04. The number of aromatic nitrogens is 1. The highest BCUT2D eigenvalue weighted by atomic mass is 32.2. The van der Waals surface area contributed by atoms with Crippen LogP contribution in [0.3, 0.4) is 0 Å². The van der Waals surface area contributed by atoms with Crippen LogP contribution >= 0.6 is 0 Å². The van der Waals surface area contributed by atoms with E-state index in [9.17, 15) is 18.0 Å². The van der Waals surface area contributed by atoms with E-state index in [0.717, 1.165) is 6.42 Å². The number of anilines is 1. The number of carbonyl (C=O) groups excluding carboxylic acids is 1. The second kappa shape index (κ2) is 9.93. The summed E-state index contributed by atoms with van der Waals surface area (Å²) in [5.74, 6) is -1.27. The zero-order valence-corrected chi connectivity index (χ0v) is 16.7. The molecule has 1 aromatic heterocycles. The third-order valence-electron chi connectivity index (χ3n) is 3.59. The van der Waals surface area contributed by atoms with Crippen molar-refractivity contribution in [3.8, 4) is 11.5 Å². The summed E-state index contributed by atoms with van der Waals surface area (Å²) >= 11 is 0. The van der Waals surface area contributed by atoms with Crippen molar-refractivity contribution in [3.63, 3.8) is 0 Å². The van der Waals surface area contributed by atoms with Crippen LogP contribution in [0.4, 0.5) is 5.69 Å². The van der Waals surface area contributed by atoms with E-state index in [1.165, 1.54) is 12.3 Å². The molecule has 0 fully saturated rings. The van der Waals surface area contributed by atoms with Crippen molar-refractivity contribution in [3.05, 3.63) is 52.4 Å². The predicted molar refractivity (Wildman–Crippen MR) is 107 cm³/mol. The monoisotopic (exact) mass is 408 g/mol. The number of nitrogens with one attached hydrogen (secondary N) is 2. The molecular weight excluding hydrogens is 384 g/mol. The second-order valence-corrected chi connectivity index (χ2v) is 8.11. The van der Waals surface area contributed by atoms with Crippen molar-refractivity contribution in [1.82, 2.24) is 4.98 Å². The van der Waals surface area contributed by atoms with Gasteiger partial charge in [0, 0.05) is 18.0 Å². The Morgan fingerprint density at radius 3 is 2.57 bits per heavy atom. The molecule has 28 heavy (non-hydrogen) atoms. The van der Waals surface area contributed by atoms with E-state index in [4.69, 9.17) is 9.47 Å². The summed E-state index contributed by atoms with van der Waals surface area (Å²) in [6.07, 6.45) is 2.08. The van der Waals surface area contributed by atoms with E-state index in [1.54, 1.807) is 24.3 Å². The first kappa shape index (κ1) is 21.5. The van der Waals surface area contributed by atoms with E-state index < -0.39 is 32.7 Å². The average molecular weight is 408 g/mol. The molecule has 8 nitrogen and oxygen atoms in total. The van der Waals surface area contributed by atoms with Crippen LogP contribution in [-0.4, -0.2) is 38.3 Å². The van der Waals surface area contributed by atoms with Crippen LogP contribution in [0.25, 0.3) is 0 Å². The third kappa shape index (κ3) is 6.41. The standard InChI is InChI=1S/C19H24N2O6S/c1-3-9-27-18-11-20-14(10-16(18)22)12-28(24,25)13-19(23)21-15-7-5-6-8-17(15)26-4-2/h5-8,10-11H,3-4,9,12-13H2,1-2H3,(H,20,22)(H,21,23). The lowest BCUT2D eigenvalue weighted by molar-refractivity contribution is -0.113. The minimum Gasteiger partial charge on any atom is -0.492 e. The Labute approximate surface area is 163 Å². The van der Waals surface area contributed by atoms with Crippen LogP contribution in [0.5, 0.6) is 11.5 Å². The minimum atomic E-state index is -3.79. The molecule has 2 rings (SSSR count). The number of hydrogen-bond acceptors (Lipinski definition) is 6. The van der Waals surface area contributed by atoms with Crippen molar-refractivity contribution >= 4 is 21.4 Å². The van der Waals surface area contributed by atoms with Gasteiger partial charge in [0.15, 0.2) is 15.6 Å². The highest BCUT2D eigenvalue weighted by molar-refractivity contribution is 7.91. The smallest absolute Gasteiger partial charge is 0.239 e. The van der Waals surface area contributed by atoms with Crippen LogP contribution < -0.4 is 20.2 Å². The number of rotatable bonds is 10. The highest BCUT2D eigenvalue weighted by Crippen LogP contribution is 2.23. The number of sulfone groups is 1. The van der Waals surface area contributed by atoms with Crippen LogP contribution in [-0.2, 0) is 20.4 Å². The normalized spacial score (nSPS) is 11.1. The van der Waals surface area contributed by atoms with Gasteiger partial charge in [0.25, 0.3) is 0 Å². The van der Waals surface area contributed by atoms with Crippen LogP contribution in [0, 0.1) is 0 Å². The van der Waals surface area contributed by atoms with Crippen molar-refractivity contribution < 1.29 is 22.7 Å². The van der Waals surface area contributed by atoms with Gasteiger partial charge >= 0.3 is 0 Å². The number of para-hydroxylation sites is 2. The van der Waals surface area contributed by atoms with Gasteiger partial charge in [-0.15, -0.1) is 0 Å². The van der Waals surface area contributed by atoms with Gasteiger partial charge in [0.05, 0.1) is 24.7 Å². The van der Waals surface area contributed by atoms with Crippen LogP contribution in [0.1, 0.15) is 26.0 Å². The summed E-state index contributed by atoms with van der Waals surface area (Å²) in [6.45, 7) is 4.52. The molecule has 0 radical (unpaired) electrons. The average Bonchev–Trinajstić information content (AvgIpc) is 2.62. The lowest BCUT2D eigenvalue weighted by atomic mass is 10.3. The van der Waals surface area contributed by atoms with Gasteiger partial charge in [-0.3, -0.25) is 9.59 Å². The number of hydrogen-bond donors (Lipinski definition) is 2. The zero-order valence-electron chi connectivity index (χ0n) is 15.9. The lowest BCUT2D eigenvalue weighted by Crippen LogP contribution is -2.25. The fourth-order valence-corrected chi connectivity index (χ4v) is 3.65. The van der Waals surface area contributed by atoms with Crippen molar-refractivity contribution in [1.29, 1.82) is 0 Å². The quantitative estimate of drug-likeness (QED) is 0.622. The molecule has 9 heteroatoms. The number of aromatic amines is 1. The number of ether oxygens (including phenoxy) is 2. The summed E-state index contributed by atoms with van der Waals surface area (Å²) in [6, 6.07) is 7.94. The number of pyridine rings is 1. The Balaban J connectivity index is 2.03. The number of benzene rings is 1. The first-order valence-corrected chi connectivity index (χ1v) is 10.7. The zero-order chi connectivity index (χ0) is 20.6. The van der Waals surface area contributed by atoms with Crippen LogP contribution in [0.15, 0.2) is 41.3 Å². The van der Waals surface area contributed by atoms with Crippen molar-refractivity contribution in [2.75, 3.05) is 24.3 Å². The summed E-state index contributed by atoms with van der Waals surface area (Å²) in [5, 5.41) is 2.55. The highest BCUT2D eigenvalue weighted by Gasteiger charge is 2.19. The number of H-pyrrole nitrogens is 1. The fraction of sp³-hybridized carbons (Fsp3) is 0.368. The molecule has 2 aromatic rings. The Hall–Kier alpha value is -2.81. The maximum absolute atomic E-state index is 12.3. The Bertz CT molecular complexity index is 968. The van der Waals surface area contributed by atoms with Gasteiger partial charge in [-0.1, -0.05) is 19.1 Å². The summed E-state index contributed by atoms with van der Waals surface area (Å²) in [5.41, 5.74) is 0.180. The molecule has 0 bridgehead atoms. The Morgan fingerprint density at radius 1 is 1.14 bits per heavy atom. The minimum absolute atomic E-state index is 0.133. The number of amides is 1. The van der Waals surface area contributed by atoms with Gasteiger partial charge in [-0.05, 0) is 25.5 Å². The van der Waals surface area contributed by atoms with Gasteiger partial charge in [-0.2, -0.15) is 0 Å². The first-order valence-electron chi connectivity index (χ1n) is 8.91. The van der Waals surface area contributed by atoms with Gasteiger partial charge in [0.2, 0.25) is 11.3 Å². The molecule has 0 atom stereocenters. The van der Waals surface area contributed by atoms with Crippen molar-refractivity contribution in [2.24, 2.45) is 0 Å². The molecule has 0 aliphatic rings. The lowest BCUT2D eigenvalue weighted by Gasteiger charge is -2.11. The summed E-state index contributed by atoms with van der Waals surface area (Å²) in [4.78, 5) is 26.9. The van der Waals surface area contributed by atoms with Crippen molar-refractivity contribution in [2.45, 2.75) is 26.0 Å². The summed E-state index contributed by atoms with van der Waals surface area (Å²) < 4.78 is 35.3. The van der Waals surface area contributed by atoms with Gasteiger partial charge in [-0.25, -0.2) is 8.42 Å². The molecule has 152 valence electrons. The van der Waals surface area contributed by atoms with E-state index in [2.05, 4.69) is 10.3 Å². The largest absolute Gasteiger partial charge is 0.492 e. The Morgan fingerprint density at radius 2 is 1.89 bits per heavy atom. The molecule has 0 saturated carbocycles. The molecule has 0 spiro atoms.